The quantitative estimate of drug-likeness (QED) is 0.428. The largest absolute Gasteiger partial charge is 0.505 e. The number of hydrogen-bond donors (Lipinski definition) is 2. The zero-order valence-corrected chi connectivity index (χ0v) is 15.9. The van der Waals surface area contributed by atoms with E-state index in [0.717, 1.165) is 0 Å². The molecule has 2 N–H and O–H groups in total. The lowest BCUT2D eigenvalue weighted by Crippen LogP contribution is -2.10. The minimum atomic E-state index is -0.707. The van der Waals surface area contributed by atoms with Crippen LogP contribution in [0.1, 0.15) is 15.9 Å². The molecule has 2 aromatic rings. The number of amides is 1. The topological polar surface area (TPSA) is 103 Å². The lowest BCUT2D eigenvalue weighted by Gasteiger charge is -2.12. The van der Waals surface area contributed by atoms with Crippen LogP contribution in [0.5, 0.6) is 23.0 Å². The summed E-state index contributed by atoms with van der Waals surface area (Å²) in [6, 6.07) is 7.74. The monoisotopic (exact) mass is 387 g/mol. The van der Waals surface area contributed by atoms with E-state index in [1.54, 1.807) is 18.2 Å². The number of carbonyl (C=O) groups excluding carboxylic acids is 2. The third-order valence-electron chi connectivity index (χ3n) is 3.81. The molecule has 0 aliphatic heterocycles. The molecule has 0 saturated carbocycles. The maximum atomic E-state index is 12.2. The van der Waals surface area contributed by atoms with Gasteiger partial charge in [0.1, 0.15) is 5.56 Å². The van der Waals surface area contributed by atoms with Crippen molar-refractivity contribution < 1.29 is 33.6 Å². The molecule has 0 aliphatic carbocycles. The molecule has 0 atom stereocenters. The van der Waals surface area contributed by atoms with Gasteiger partial charge in [0.05, 0.1) is 34.1 Å². The van der Waals surface area contributed by atoms with Crippen LogP contribution in [0.3, 0.4) is 0 Å². The van der Waals surface area contributed by atoms with E-state index in [2.05, 4.69) is 10.1 Å². The lowest BCUT2D eigenvalue weighted by molar-refractivity contribution is -0.111. The Labute approximate surface area is 162 Å². The normalized spacial score (nSPS) is 10.4. The van der Waals surface area contributed by atoms with E-state index >= 15 is 0 Å². The van der Waals surface area contributed by atoms with Gasteiger partial charge < -0.3 is 29.4 Å². The molecule has 0 bridgehead atoms. The minimum absolute atomic E-state index is 0.0473. The summed E-state index contributed by atoms with van der Waals surface area (Å²) in [5, 5.41) is 12.6. The minimum Gasteiger partial charge on any atom is -0.505 e. The van der Waals surface area contributed by atoms with Gasteiger partial charge in [-0.1, -0.05) is 6.07 Å². The number of methoxy groups -OCH3 is 4. The van der Waals surface area contributed by atoms with Crippen molar-refractivity contribution in [3.63, 3.8) is 0 Å². The molecular formula is C20H21NO7. The number of hydrogen-bond acceptors (Lipinski definition) is 7. The van der Waals surface area contributed by atoms with E-state index in [9.17, 15) is 14.7 Å². The lowest BCUT2D eigenvalue weighted by atomic mass is 10.1. The number of nitrogens with one attached hydrogen (secondary N) is 1. The van der Waals surface area contributed by atoms with Gasteiger partial charge in [-0.3, -0.25) is 4.79 Å². The van der Waals surface area contributed by atoms with Crippen molar-refractivity contribution in [1.82, 2.24) is 0 Å². The molecule has 0 spiro atoms. The summed E-state index contributed by atoms with van der Waals surface area (Å²) in [5.74, 6) is -0.247. The van der Waals surface area contributed by atoms with Crippen LogP contribution in [-0.4, -0.2) is 45.4 Å². The van der Waals surface area contributed by atoms with Crippen LogP contribution in [0.4, 0.5) is 5.69 Å². The standard InChI is InChI=1S/C20H21NO7/c1-25-15-10-12(11-16(26-2)19(15)27-3)8-9-17(22)21-14-7-5-6-13(18(14)23)20(24)28-4/h5-11,23H,1-4H3,(H,21,22)/b9-8+. The smallest absolute Gasteiger partial charge is 0.341 e. The molecule has 0 aromatic heterocycles. The number of esters is 1. The first-order valence-corrected chi connectivity index (χ1v) is 8.14. The number of rotatable bonds is 7. The first kappa shape index (κ1) is 20.6. The molecule has 8 nitrogen and oxygen atoms in total. The summed E-state index contributed by atoms with van der Waals surface area (Å²) in [7, 11) is 5.69. The van der Waals surface area contributed by atoms with E-state index in [1.807, 2.05) is 0 Å². The van der Waals surface area contributed by atoms with Crippen molar-refractivity contribution in [3.05, 3.63) is 47.5 Å². The molecular weight excluding hydrogens is 366 g/mol. The fraction of sp³-hybridized carbons (Fsp3) is 0.200. The van der Waals surface area contributed by atoms with E-state index in [1.165, 1.54) is 52.7 Å². The Kier molecular flexibility index (Phi) is 6.86. The van der Waals surface area contributed by atoms with E-state index in [0.29, 0.717) is 22.8 Å². The highest BCUT2D eigenvalue weighted by atomic mass is 16.5. The second-order valence-corrected chi connectivity index (χ2v) is 5.47. The van der Waals surface area contributed by atoms with Gasteiger partial charge in [-0.25, -0.2) is 4.79 Å². The summed E-state index contributed by atoms with van der Waals surface area (Å²) >= 11 is 0. The van der Waals surface area contributed by atoms with Crippen molar-refractivity contribution in [1.29, 1.82) is 0 Å². The van der Waals surface area contributed by atoms with Gasteiger partial charge in [-0.15, -0.1) is 0 Å². The third-order valence-corrected chi connectivity index (χ3v) is 3.81. The molecule has 2 aromatic carbocycles. The van der Waals surface area contributed by atoms with Crippen LogP contribution in [0.25, 0.3) is 6.08 Å². The maximum Gasteiger partial charge on any atom is 0.341 e. The highest BCUT2D eigenvalue weighted by Gasteiger charge is 2.16. The molecule has 0 saturated heterocycles. The summed E-state index contributed by atoms with van der Waals surface area (Å²) in [6.45, 7) is 0. The highest BCUT2D eigenvalue weighted by Crippen LogP contribution is 2.38. The van der Waals surface area contributed by atoms with Crippen LogP contribution in [0.2, 0.25) is 0 Å². The Morgan fingerprint density at radius 3 is 2.18 bits per heavy atom. The molecule has 148 valence electrons. The van der Waals surface area contributed by atoms with Crippen molar-refractivity contribution >= 4 is 23.6 Å². The van der Waals surface area contributed by atoms with E-state index in [-0.39, 0.29) is 17.0 Å². The SMILES string of the molecule is COC(=O)c1cccc(NC(=O)/C=C/c2cc(OC)c(OC)c(OC)c2)c1O. The van der Waals surface area contributed by atoms with Gasteiger partial charge in [0.25, 0.3) is 0 Å². The number of anilines is 1. The van der Waals surface area contributed by atoms with Crippen molar-refractivity contribution in [2.24, 2.45) is 0 Å². The number of phenolic OH excluding ortho intramolecular Hbond substituents is 1. The number of carbonyl (C=O) groups is 2. The molecule has 0 heterocycles. The molecule has 1 amide bonds. The predicted molar refractivity (Wildman–Crippen MR) is 103 cm³/mol. The van der Waals surface area contributed by atoms with Crippen molar-refractivity contribution in [3.8, 4) is 23.0 Å². The predicted octanol–water partition coefficient (Wildman–Crippen LogP) is 2.86. The maximum absolute atomic E-state index is 12.2. The average Bonchev–Trinajstić information content (AvgIpc) is 2.72. The van der Waals surface area contributed by atoms with Gasteiger partial charge >= 0.3 is 5.97 Å². The first-order valence-electron chi connectivity index (χ1n) is 8.14. The molecule has 0 aliphatic rings. The van der Waals surface area contributed by atoms with Gasteiger partial charge in [0, 0.05) is 6.08 Å². The molecule has 28 heavy (non-hydrogen) atoms. The number of ether oxygens (including phenoxy) is 4. The summed E-state index contributed by atoms with van der Waals surface area (Å²) in [6.07, 6.45) is 2.81. The summed E-state index contributed by atoms with van der Waals surface area (Å²) < 4.78 is 20.4. The third kappa shape index (κ3) is 4.53. The Hall–Kier alpha value is -3.68. The van der Waals surface area contributed by atoms with Crippen LogP contribution in [0.15, 0.2) is 36.4 Å². The zero-order valence-electron chi connectivity index (χ0n) is 15.9. The summed E-state index contributed by atoms with van der Waals surface area (Å²) in [4.78, 5) is 23.8. The number of para-hydroxylation sites is 1. The van der Waals surface area contributed by atoms with E-state index < -0.39 is 11.9 Å². The zero-order chi connectivity index (χ0) is 20.7. The number of phenols is 1. The first-order chi connectivity index (χ1) is 13.4. The Bertz CT molecular complexity index is 880. The van der Waals surface area contributed by atoms with Gasteiger partial charge in [0.2, 0.25) is 11.7 Å². The van der Waals surface area contributed by atoms with Crippen LogP contribution < -0.4 is 19.5 Å². The second-order valence-electron chi connectivity index (χ2n) is 5.47. The molecule has 0 radical (unpaired) electrons. The Morgan fingerprint density at radius 2 is 1.64 bits per heavy atom. The molecule has 0 unspecified atom stereocenters. The Morgan fingerprint density at radius 1 is 1.00 bits per heavy atom. The van der Waals surface area contributed by atoms with Gasteiger partial charge in [0.15, 0.2) is 17.2 Å². The molecule has 2 rings (SSSR count). The fourth-order valence-electron chi connectivity index (χ4n) is 2.46. The highest BCUT2D eigenvalue weighted by molar-refractivity contribution is 6.04. The Balaban J connectivity index is 2.22. The average molecular weight is 387 g/mol. The van der Waals surface area contributed by atoms with Gasteiger partial charge in [-0.2, -0.15) is 0 Å². The van der Waals surface area contributed by atoms with Crippen molar-refractivity contribution in [2.75, 3.05) is 33.8 Å². The van der Waals surface area contributed by atoms with Crippen molar-refractivity contribution in [2.45, 2.75) is 0 Å². The van der Waals surface area contributed by atoms with E-state index in [4.69, 9.17) is 14.2 Å². The number of benzene rings is 2. The fourth-order valence-corrected chi connectivity index (χ4v) is 2.46. The van der Waals surface area contributed by atoms with Crippen LogP contribution in [0, 0.1) is 0 Å². The molecule has 0 fully saturated rings. The van der Waals surface area contributed by atoms with Crippen LogP contribution >= 0.6 is 0 Å². The van der Waals surface area contributed by atoms with Crippen LogP contribution in [-0.2, 0) is 9.53 Å². The second kappa shape index (κ2) is 9.31. The molecule has 8 heteroatoms. The summed E-state index contributed by atoms with van der Waals surface area (Å²) in [5.41, 5.74) is 0.675. The van der Waals surface area contributed by atoms with Gasteiger partial charge in [-0.05, 0) is 35.9 Å². The number of aromatic hydroxyl groups is 1.